The molecule has 0 radical (unpaired) electrons. The second-order valence-electron chi connectivity index (χ2n) is 8.45. The van der Waals surface area contributed by atoms with Crippen molar-refractivity contribution < 1.29 is 84.7 Å². The van der Waals surface area contributed by atoms with E-state index in [0.29, 0.717) is 0 Å². The summed E-state index contributed by atoms with van der Waals surface area (Å²) in [5, 5.41) is 109. The number of hydrogen-bond acceptors (Lipinski definition) is 16. The lowest BCUT2D eigenvalue weighted by atomic mass is 9.98. The minimum absolute atomic E-state index is 0.751. The summed E-state index contributed by atoms with van der Waals surface area (Å²) in [6.07, 6.45) is -23.9. The molecular weight excluding hydrogens is 488 g/mol. The molecule has 0 saturated carbocycles. The van der Waals surface area contributed by atoms with Crippen LogP contribution in [0, 0.1) is 0 Å². The fourth-order valence-corrected chi connectivity index (χ4v) is 4.00. The number of aliphatic hydroxyl groups is 10. The fraction of sp³-hybridized carbons (Fsp3) is 0.944. The van der Waals surface area contributed by atoms with Crippen molar-refractivity contribution in [1.29, 1.82) is 0 Å². The Morgan fingerprint density at radius 2 is 1.34 bits per heavy atom. The largest absolute Gasteiger partial charge is 0.479 e. The first kappa shape index (κ1) is 28.4. The molecule has 11 N–H and O–H groups in total. The van der Waals surface area contributed by atoms with Crippen molar-refractivity contribution in [3.8, 4) is 0 Å². The lowest BCUT2D eigenvalue weighted by molar-refractivity contribution is -0.387. The van der Waals surface area contributed by atoms with Crippen LogP contribution >= 0.6 is 0 Å². The van der Waals surface area contributed by atoms with Gasteiger partial charge in [0.15, 0.2) is 18.7 Å². The van der Waals surface area contributed by atoms with Crippen LogP contribution in [0.3, 0.4) is 0 Å². The fourth-order valence-electron chi connectivity index (χ4n) is 4.00. The van der Waals surface area contributed by atoms with Gasteiger partial charge in [-0.1, -0.05) is 0 Å². The summed E-state index contributed by atoms with van der Waals surface area (Å²) in [6.45, 7) is -2.61. The molecule has 0 aromatic heterocycles. The van der Waals surface area contributed by atoms with Crippen LogP contribution in [0.2, 0.25) is 0 Å². The molecule has 17 heteroatoms. The van der Waals surface area contributed by atoms with Crippen LogP contribution in [0.4, 0.5) is 0 Å². The van der Waals surface area contributed by atoms with Crippen molar-refractivity contribution in [1.82, 2.24) is 0 Å². The second-order valence-corrected chi connectivity index (χ2v) is 8.45. The molecular formula is C18H30O17. The van der Waals surface area contributed by atoms with Crippen molar-refractivity contribution in [3.63, 3.8) is 0 Å². The van der Waals surface area contributed by atoms with Crippen LogP contribution < -0.4 is 0 Å². The number of carboxylic acids is 1. The lowest BCUT2D eigenvalue weighted by Gasteiger charge is -2.44. The molecule has 3 aliphatic rings. The summed E-state index contributed by atoms with van der Waals surface area (Å²) in [5.74, 6) is -4.06. The Labute approximate surface area is 196 Å². The molecule has 0 aromatic rings. The molecule has 0 bridgehead atoms. The zero-order valence-electron chi connectivity index (χ0n) is 18.0. The van der Waals surface area contributed by atoms with E-state index in [1.165, 1.54) is 0 Å². The molecule has 3 fully saturated rings. The number of hydrogen-bond donors (Lipinski definition) is 11. The zero-order chi connectivity index (χ0) is 26.2. The predicted octanol–water partition coefficient (Wildman–Crippen LogP) is -7.48. The highest BCUT2D eigenvalue weighted by Crippen LogP contribution is 2.36. The molecule has 0 amide bonds. The third-order valence-electron chi connectivity index (χ3n) is 6.13. The monoisotopic (exact) mass is 518 g/mol. The average molecular weight is 518 g/mol. The highest BCUT2D eigenvalue weighted by atomic mass is 16.8. The van der Waals surface area contributed by atoms with E-state index in [0.717, 1.165) is 0 Å². The number of ether oxygens (including phenoxy) is 5. The number of aliphatic carboxylic acids is 1. The number of rotatable bonds is 8. The van der Waals surface area contributed by atoms with Gasteiger partial charge in [0, 0.05) is 0 Å². The SMILES string of the molecule is O=C(O)[C@H]1O[C@H](OC[C@H]2O[C@H](O[C@]3(CO)O[C@H](CO)[C@@H](O)[C@@H]3O)[C@H](O)[C@@H](O)[C@@H]2O)[C@H](O)[C@@H](O)[C@H]1O. The summed E-state index contributed by atoms with van der Waals surface area (Å²) in [7, 11) is 0. The van der Waals surface area contributed by atoms with Crippen LogP contribution in [0.15, 0.2) is 0 Å². The first-order valence-electron chi connectivity index (χ1n) is 10.6. The Bertz CT molecular complexity index is 725. The Morgan fingerprint density at radius 3 is 1.89 bits per heavy atom. The zero-order valence-corrected chi connectivity index (χ0v) is 18.0. The first-order valence-corrected chi connectivity index (χ1v) is 10.6. The van der Waals surface area contributed by atoms with Crippen molar-refractivity contribution in [2.24, 2.45) is 0 Å². The van der Waals surface area contributed by atoms with Crippen molar-refractivity contribution >= 4 is 5.97 Å². The predicted molar refractivity (Wildman–Crippen MR) is 102 cm³/mol. The molecule has 3 aliphatic heterocycles. The van der Waals surface area contributed by atoms with E-state index in [1.54, 1.807) is 0 Å². The van der Waals surface area contributed by atoms with E-state index in [4.69, 9.17) is 28.8 Å². The van der Waals surface area contributed by atoms with Gasteiger partial charge in [0.25, 0.3) is 0 Å². The van der Waals surface area contributed by atoms with Crippen molar-refractivity contribution in [2.45, 2.75) is 85.5 Å². The van der Waals surface area contributed by atoms with E-state index in [9.17, 15) is 55.9 Å². The van der Waals surface area contributed by atoms with Crippen LogP contribution in [0.5, 0.6) is 0 Å². The normalized spacial score (nSPS) is 50.9. The van der Waals surface area contributed by atoms with Crippen LogP contribution in [0.1, 0.15) is 0 Å². The molecule has 3 heterocycles. The summed E-state index contributed by atoms with van der Waals surface area (Å²) >= 11 is 0. The molecule has 35 heavy (non-hydrogen) atoms. The third kappa shape index (κ3) is 5.30. The number of carbonyl (C=O) groups is 1. The standard InChI is InChI=1S/C18H30O17/c19-1-4-7(22)14(28)18(3-20,34-4)35-17-12(27)8(23)6(21)5(32-17)2-31-16-11(26)9(24)10(25)13(33-16)15(29)30/h4-14,16-17,19-28H,1-3H2,(H,29,30)/t4-,5-,6-,7-,8+,9+,10-,11-,12-,13+,14+,16+,17-,18+/m1/s1. The summed E-state index contributed by atoms with van der Waals surface area (Å²) in [6, 6.07) is 0. The maximum absolute atomic E-state index is 11.2. The maximum Gasteiger partial charge on any atom is 0.335 e. The van der Waals surface area contributed by atoms with Gasteiger partial charge in [0.05, 0.1) is 13.2 Å². The summed E-state index contributed by atoms with van der Waals surface area (Å²) < 4.78 is 26.0. The van der Waals surface area contributed by atoms with Gasteiger partial charge in [-0.25, -0.2) is 4.79 Å². The molecule has 204 valence electrons. The van der Waals surface area contributed by atoms with Gasteiger partial charge in [0.2, 0.25) is 5.79 Å². The Kier molecular flexibility index (Phi) is 9.01. The number of aliphatic hydroxyl groups excluding tert-OH is 10. The molecule has 0 aromatic carbocycles. The maximum atomic E-state index is 11.2. The van der Waals surface area contributed by atoms with Gasteiger partial charge in [-0.3, -0.25) is 0 Å². The second kappa shape index (κ2) is 11.1. The molecule has 0 spiro atoms. The molecule has 0 unspecified atom stereocenters. The molecule has 14 atom stereocenters. The molecule has 3 saturated heterocycles. The smallest absolute Gasteiger partial charge is 0.335 e. The topological polar surface area (TPSA) is 286 Å². The van der Waals surface area contributed by atoms with E-state index in [1.807, 2.05) is 0 Å². The summed E-state index contributed by atoms with van der Waals surface area (Å²) in [4.78, 5) is 11.2. The van der Waals surface area contributed by atoms with Gasteiger partial charge < -0.3 is 79.9 Å². The highest BCUT2D eigenvalue weighted by Gasteiger charge is 2.58. The first-order chi connectivity index (χ1) is 16.4. The van der Waals surface area contributed by atoms with E-state index in [2.05, 4.69) is 0 Å². The van der Waals surface area contributed by atoms with Gasteiger partial charge in [-0.15, -0.1) is 0 Å². The van der Waals surface area contributed by atoms with E-state index >= 15 is 0 Å². The molecule has 0 aliphatic carbocycles. The lowest BCUT2D eigenvalue weighted by Crippen LogP contribution is -2.64. The van der Waals surface area contributed by atoms with Gasteiger partial charge in [0.1, 0.15) is 67.6 Å². The Hall–Kier alpha value is -1.13. The van der Waals surface area contributed by atoms with Gasteiger partial charge in [-0.2, -0.15) is 0 Å². The highest BCUT2D eigenvalue weighted by molar-refractivity contribution is 5.73. The van der Waals surface area contributed by atoms with Gasteiger partial charge >= 0.3 is 5.97 Å². The van der Waals surface area contributed by atoms with E-state index < -0.39 is 111 Å². The summed E-state index contributed by atoms with van der Waals surface area (Å²) in [5.41, 5.74) is 0. The minimum Gasteiger partial charge on any atom is -0.479 e. The number of carboxylic acid groups (broad SMARTS) is 1. The quantitative estimate of drug-likeness (QED) is 0.142. The van der Waals surface area contributed by atoms with E-state index in [-0.39, 0.29) is 0 Å². The van der Waals surface area contributed by atoms with Crippen molar-refractivity contribution in [3.05, 3.63) is 0 Å². The van der Waals surface area contributed by atoms with Crippen LogP contribution in [-0.4, -0.2) is 167 Å². The van der Waals surface area contributed by atoms with Crippen molar-refractivity contribution in [2.75, 3.05) is 19.8 Å². The molecule has 3 rings (SSSR count). The van der Waals surface area contributed by atoms with Crippen LogP contribution in [0.25, 0.3) is 0 Å². The third-order valence-corrected chi connectivity index (χ3v) is 6.13. The van der Waals surface area contributed by atoms with Crippen LogP contribution in [-0.2, 0) is 28.5 Å². The Balaban J connectivity index is 1.70. The van der Waals surface area contributed by atoms with Gasteiger partial charge in [-0.05, 0) is 0 Å². The molecule has 17 nitrogen and oxygen atoms in total. The Morgan fingerprint density at radius 1 is 0.743 bits per heavy atom. The minimum atomic E-state index is -2.40. The average Bonchev–Trinajstić information content (AvgIpc) is 3.07.